The van der Waals surface area contributed by atoms with Crippen LogP contribution in [0.4, 0.5) is 0 Å². The Labute approximate surface area is 144 Å². The maximum absolute atomic E-state index is 11.4. The second-order valence-corrected chi connectivity index (χ2v) is 5.85. The molecule has 2 aromatic heterocycles. The van der Waals surface area contributed by atoms with Gasteiger partial charge in [-0.2, -0.15) is 5.10 Å². The van der Waals surface area contributed by atoms with Crippen molar-refractivity contribution in [2.75, 3.05) is 0 Å². The predicted octanol–water partition coefficient (Wildman–Crippen LogP) is 4.30. The van der Waals surface area contributed by atoms with E-state index in [1.54, 1.807) is 0 Å². The summed E-state index contributed by atoms with van der Waals surface area (Å²) >= 11 is 0. The van der Waals surface area contributed by atoms with Gasteiger partial charge in [-0.3, -0.25) is 10.1 Å². The average Bonchev–Trinajstić information content (AvgIpc) is 3.05. The number of aromatic carboxylic acids is 1. The van der Waals surface area contributed by atoms with E-state index in [9.17, 15) is 9.90 Å². The van der Waals surface area contributed by atoms with Gasteiger partial charge in [-0.15, -0.1) is 0 Å². The lowest BCUT2D eigenvalue weighted by Gasteiger charge is -2.10. The summed E-state index contributed by atoms with van der Waals surface area (Å²) in [6.07, 6.45) is 0. The van der Waals surface area contributed by atoms with Crippen LogP contribution in [0.2, 0.25) is 0 Å². The molecule has 0 bridgehead atoms. The summed E-state index contributed by atoms with van der Waals surface area (Å²) in [5, 5.41) is 16.5. The molecule has 0 unspecified atom stereocenters. The van der Waals surface area contributed by atoms with Crippen LogP contribution in [0.5, 0.6) is 0 Å². The summed E-state index contributed by atoms with van der Waals surface area (Å²) in [7, 11) is 0. The van der Waals surface area contributed by atoms with Crippen molar-refractivity contribution in [2.45, 2.75) is 6.92 Å². The van der Waals surface area contributed by atoms with Gasteiger partial charge in [0.2, 0.25) is 0 Å². The fraction of sp³-hybridized carbons (Fsp3) is 0.0500. The van der Waals surface area contributed by atoms with Gasteiger partial charge in [-0.1, -0.05) is 36.4 Å². The number of hydrogen-bond acceptors (Lipinski definition) is 3. The number of carbonyl (C=O) groups is 1. The Balaban J connectivity index is 1.92. The van der Waals surface area contributed by atoms with E-state index in [2.05, 4.69) is 15.2 Å². The zero-order chi connectivity index (χ0) is 17.4. The molecule has 122 valence electrons. The van der Waals surface area contributed by atoms with Crippen LogP contribution in [-0.4, -0.2) is 26.3 Å². The first kappa shape index (κ1) is 15.1. The fourth-order valence-electron chi connectivity index (χ4n) is 3.00. The number of nitrogens with zero attached hydrogens (tertiary/aromatic N) is 2. The number of benzene rings is 2. The fourth-order valence-corrected chi connectivity index (χ4v) is 3.00. The molecule has 25 heavy (non-hydrogen) atoms. The van der Waals surface area contributed by atoms with E-state index >= 15 is 0 Å². The molecule has 4 aromatic rings. The third-order valence-corrected chi connectivity index (χ3v) is 4.17. The second-order valence-electron chi connectivity index (χ2n) is 5.85. The van der Waals surface area contributed by atoms with Crippen molar-refractivity contribution in [3.8, 4) is 22.4 Å². The molecule has 0 spiro atoms. The van der Waals surface area contributed by atoms with E-state index in [1.165, 1.54) is 0 Å². The third kappa shape index (κ3) is 2.65. The number of hydrogen-bond donors (Lipinski definition) is 2. The molecule has 0 fully saturated rings. The first-order valence-corrected chi connectivity index (χ1v) is 7.88. The van der Waals surface area contributed by atoms with Crippen molar-refractivity contribution >= 4 is 16.9 Å². The zero-order valence-electron chi connectivity index (χ0n) is 13.5. The van der Waals surface area contributed by atoms with Gasteiger partial charge < -0.3 is 5.11 Å². The molecular formula is C20H15N3O2. The topological polar surface area (TPSA) is 78.9 Å². The average molecular weight is 329 g/mol. The van der Waals surface area contributed by atoms with Crippen molar-refractivity contribution < 1.29 is 9.90 Å². The van der Waals surface area contributed by atoms with E-state index in [0.717, 1.165) is 28.1 Å². The maximum Gasteiger partial charge on any atom is 0.357 e. The van der Waals surface area contributed by atoms with Gasteiger partial charge in [0.05, 0.1) is 11.2 Å². The van der Waals surface area contributed by atoms with Crippen LogP contribution in [0.15, 0.2) is 60.7 Å². The molecule has 2 heterocycles. The van der Waals surface area contributed by atoms with Crippen molar-refractivity contribution in [3.63, 3.8) is 0 Å². The summed E-state index contributed by atoms with van der Waals surface area (Å²) in [5.74, 6) is -1.04. The molecule has 5 heteroatoms. The van der Waals surface area contributed by atoms with Gasteiger partial charge in [0, 0.05) is 16.6 Å². The smallest absolute Gasteiger partial charge is 0.357 e. The highest BCUT2D eigenvalue weighted by Gasteiger charge is 2.15. The zero-order valence-corrected chi connectivity index (χ0v) is 13.5. The molecule has 0 atom stereocenters. The van der Waals surface area contributed by atoms with Gasteiger partial charge in [-0.05, 0) is 42.3 Å². The Hall–Kier alpha value is -3.47. The first-order chi connectivity index (χ1) is 12.1. The number of carboxylic acids is 1. The lowest BCUT2D eigenvalue weighted by molar-refractivity contribution is 0.0692. The maximum atomic E-state index is 11.4. The van der Waals surface area contributed by atoms with Crippen molar-refractivity contribution in [1.29, 1.82) is 0 Å². The largest absolute Gasteiger partial charge is 0.476 e. The van der Waals surface area contributed by atoms with Crippen LogP contribution >= 0.6 is 0 Å². The number of aromatic nitrogens is 3. The van der Waals surface area contributed by atoms with Crippen LogP contribution in [0, 0.1) is 6.92 Å². The minimum Gasteiger partial charge on any atom is -0.476 e. The molecule has 0 aliphatic heterocycles. The molecular weight excluding hydrogens is 314 g/mol. The quantitative estimate of drug-likeness (QED) is 0.587. The van der Waals surface area contributed by atoms with Crippen LogP contribution < -0.4 is 0 Å². The number of carboxylic acid groups (broad SMARTS) is 1. The minimum atomic E-state index is -1.04. The molecule has 2 aromatic carbocycles. The number of aryl methyl sites for hydroxylation is 1. The number of pyridine rings is 1. The van der Waals surface area contributed by atoms with Gasteiger partial charge in [0.15, 0.2) is 5.69 Å². The van der Waals surface area contributed by atoms with Crippen LogP contribution in [0.25, 0.3) is 33.3 Å². The lowest BCUT2D eigenvalue weighted by Crippen LogP contribution is -1.97. The van der Waals surface area contributed by atoms with Gasteiger partial charge >= 0.3 is 5.97 Å². The Morgan fingerprint density at radius 2 is 1.80 bits per heavy atom. The summed E-state index contributed by atoms with van der Waals surface area (Å²) in [5.41, 5.74) is 5.50. The van der Waals surface area contributed by atoms with Gasteiger partial charge in [-0.25, -0.2) is 4.79 Å². The van der Waals surface area contributed by atoms with Crippen molar-refractivity contribution in [3.05, 3.63) is 72.1 Å². The second kappa shape index (κ2) is 5.87. The molecule has 0 amide bonds. The molecule has 2 N–H and O–H groups in total. The van der Waals surface area contributed by atoms with Crippen LogP contribution in [0.3, 0.4) is 0 Å². The number of rotatable bonds is 3. The number of fused-ring (bicyclic) bond motifs is 1. The molecule has 4 rings (SSSR count). The Bertz CT molecular complexity index is 1100. The van der Waals surface area contributed by atoms with E-state index in [1.807, 2.05) is 67.6 Å². The molecule has 0 radical (unpaired) electrons. The molecule has 0 aliphatic carbocycles. The minimum absolute atomic E-state index is 0.0306. The molecule has 0 saturated heterocycles. The van der Waals surface area contributed by atoms with E-state index in [0.29, 0.717) is 10.9 Å². The van der Waals surface area contributed by atoms with Gasteiger partial charge in [0.25, 0.3) is 0 Å². The van der Waals surface area contributed by atoms with Gasteiger partial charge in [0.1, 0.15) is 0 Å². The monoisotopic (exact) mass is 329 g/mol. The summed E-state index contributed by atoms with van der Waals surface area (Å²) in [6.45, 7) is 1.96. The predicted molar refractivity (Wildman–Crippen MR) is 96.5 cm³/mol. The molecule has 0 saturated carbocycles. The highest BCUT2D eigenvalue weighted by atomic mass is 16.4. The lowest BCUT2D eigenvalue weighted by atomic mass is 9.96. The van der Waals surface area contributed by atoms with E-state index in [4.69, 9.17) is 0 Å². The third-order valence-electron chi connectivity index (χ3n) is 4.17. The molecule has 0 aliphatic rings. The van der Waals surface area contributed by atoms with E-state index in [-0.39, 0.29) is 5.69 Å². The number of aromatic amines is 1. The van der Waals surface area contributed by atoms with E-state index < -0.39 is 5.97 Å². The van der Waals surface area contributed by atoms with Crippen LogP contribution in [0.1, 0.15) is 16.2 Å². The number of nitrogens with one attached hydrogen (secondary N) is 1. The highest BCUT2D eigenvalue weighted by Crippen LogP contribution is 2.33. The Morgan fingerprint density at radius 3 is 2.56 bits per heavy atom. The standard InChI is InChI=1S/C20H15N3O2/c1-12-5-4-8-17(21-12)15-7-3-2-6-14(15)13-9-10-18-16(11-13)19(20(24)25)23-22-18/h2-11H,1H3,(H,22,23)(H,24,25). The van der Waals surface area contributed by atoms with Crippen molar-refractivity contribution in [2.24, 2.45) is 0 Å². The summed E-state index contributed by atoms with van der Waals surface area (Å²) in [4.78, 5) is 16.0. The summed E-state index contributed by atoms with van der Waals surface area (Å²) in [6, 6.07) is 19.6. The normalized spacial score (nSPS) is 10.9. The highest BCUT2D eigenvalue weighted by molar-refractivity contribution is 6.02. The van der Waals surface area contributed by atoms with Crippen molar-refractivity contribution in [1.82, 2.24) is 15.2 Å². The van der Waals surface area contributed by atoms with Crippen LogP contribution in [-0.2, 0) is 0 Å². The first-order valence-electron chi connectivity index (χ1n) is 7.88. The number of H-pyrrole nitrogens is 1. The summed E-state index contributed by atoms with van der Waals surface area (Å²) < 4.78 is 0. The Kier molecular flexibility index (Phi) is 3.54. The Morgan fingerprint density at radius 1 is 1.00 bits per heavy atom. The SMILES string of the molecule is Cc1cccc(-c2ccccc2-c2ccc3[nH]nc(C(=O)O)c3c2)n1. The molecule has 5 nitrogen and oxygen atoms in total.